The van der Waals surface area contributed by atoms with Gasteiger partial charge in [0.1, 0.15) is 12.3 Å². The molecule has 1 unspecified atom stereocenters. The number of amides is 2. The average molecular weight is 389 g/mol. The van der Waals surface area contributed by atoms with Gasteiger partial charge in [-0.15, -0.1) is 0 Å². The van der Waals surface area contributed by atoms with Gasteiger partial charge in [0.05, 0.1) is 5.69 Å². The molecule has 1 aromatic rings. The summed E-state index contributed by atoms with van der Waals surface area (Å²) in [6, 6.07) is 4.95. The smallest absolute Gasteiger partial charge is 0.268 e. The Hall–Kier alpha value is -2.41. The largest absolute Gasteiger partial charge is 0.479 e. The van der Waals surface area contributed by atoms with Crippen molar-refractivity contribution in [1.29, 1.82) is 0 Å². The predicted molar refractivity (Wildman–Crippen MR) is 109 cm³/mol. The second kappa shape index (κ2) is 10.2. The molecule has 7 nitrogen and oxygen atoms in total. The van der Waals surface area contributed by atoms with Crippen molar-refractivity contribution in [3.63, 3.8) is 0 Å². The van der Waals surface area contributed by atoms with E-state index in [0.717, 1.165) is 32.5 Å². The fraction of sp³-hybridized carbons (Fsp3) is 0.571. The molecule has 2 amide bonds. The molecule has 154 valence electrons. The summed E-state index contributed by atoms with van der Waals surface area (Å²) in [7, 11) is 0. The molecule has 1 aromatic carbocycles. The number of rotatable bonds is 10. The van der Waals surface area contributed by atoms with E-state index >= 15 is 0 Å². The lowest BCUT2D eigenvalue weighted by atomic mass is 10.1. The number of hydrogen-bond donors (Lipinski definition) is 1. The number of anilines is 1. The fourth-order valence-corrected chi connectivity index (χ4v) is 3.22. The van der Waals surface area contributed by atoms with Gasteiger partial charge in [0, 0.05) is 12.1 Å². The van der Waals surface area contributed by atoms with Gasteiger partial charge >= 0.3 is 0 Å². The van der Waals surface area contributed by atoms with Gasteiger partial charge < -0.3 is 15.0 Å². The van der Waals surface area contributed by atoms with E-state index in [1.807, 2.05) is 0 Å². The van der Waals surface area contributed by atoms with Crippen LogP contribution in [0, 0.1) is 0 Å². The van der Waals surface area contributed by atoms with E-state index in [0.29, 0.717) is 23.5 Å². The number of carbonyl (C=O) groups excluding carboxylic acids is 3. The molecule has 0 aliphatic carbocycles. The number of carbonyl (C=O) groups is 3. The first-order valence-corrected chi connectivity index (χ1v) is 9.99. The van der Waals surface area contributed by atoms with E-state index in [-0.39, 0.29) is 24.1 Å². The van der Waals surface area contributed by atoms with Crippen LogP contribution in [0.15, 0.2) is 18.2 Å². The molecule has 1 N–H and O–H groups in total. The van der Waals surface area contributed by atoms with Crippen LogP contribution in [0.1, 0.15) is 50.9 Å². The molecule has 1 aliphatic heterocycles. The van der Waals surface area contributed by atoms with Crippen LogP contribution in [0.4, 0.5) is 5.69 Å². The Labute approximate surface area is 167 Å². The van der Waals surface area contributed by atoms with Crippen LogP contribution in [0.5, 0.6) is 5.75 Å². The number of Topliss-reactive ketones (excluding diaryl/α,β-unsaturated/α-hetero) is 1. The standard InChI is InChI=1S/C21H31N3O4/c1-5-23(6-2)12-8-7-11-22-20(26)14-24-18-13-17(15(3)25)9-10-19(18)28-16(4)21(24)27/h9-10,13,16H,5-8,11-12,14H2,1-4H3,(H,22,26). The van der Waals surface area contributed by atoms with Gasteiger partial charge in [0.15, 0.2) is 11.9 Å². The van der Waals surface area contributed by atoms with Crippen LogP contribution >= 0.6 is 0 Å². The Kier molecular flexibility index (Phi) is 7.99. The maximum absolute atomic E-state index is 12.6. The van der Waals surface area contributed by atoms with Gasteiger partial charge in [-0.1, -0.05) is 13.8 Å². The molecule has 0 fully saturated rings. The Morgan fingerprint density at radius 2 is 1.93 bits per heavy atom. The lowest BCUT2D eigenvalue weighted by Crippen LogP contribution is -2.49. The normalized spacial score (nSPS) is 16.0. The number of benzene rings is 1. The van der Waals surface area contributed by atoms with E-state index in [1.54, 1.807) is 25.1 Å². The molecule has 0 saturated carbocycles. The van der Waals surface area contributed by atoms with Crippen molar-refractivity contribution in [3.8, 4) is 5.75 Å². The molecule has 0 aromatic heterocycles. The van der Waals surface area contributed by atoms with E-state index in [4.69, 9.17) is 4.74 Å². The summed E-state index contributed by atoms with van der Waals surface area (Å²) in [5.41, 5.74) is 0.944. The predicted octanol–water partition coefficient (Wildman–Crippen LogP) is 2.24. The molecular formula is C21H31N3O4. The summed E-state index contributed by atoms with van der Waals surface area (Å²) in [5, 5.41) is 2.88. The summed E-state index contributed by atoms with van der Waals surface area (Å²) in [6.07, 6.45) is 1.23. The summed E-state index contributed by atoms with van der Waals surface area (Å²) >= 11 is 0. The van der Waals surface area contributed by atoms with Crippen molar-refractivity contribution in [2.24, 2.45) is 0 Å². The lowest BCUT2D eigenvalue weighted by molar-refractivity contribution is -0.128. The fourth-order valence-electron chi connectivity index (χ4n) is 3.22. The van der Waals surface area contributed by atoms with Crippen molar-refractivity contribution in [3.05, 3.63) is 23.8 Å². The highest BCUT2D eigenvalue weighted by Gasteiger charge is 2.33. The quantitative estimate of drug-likeness (QED) is 0.490. The molecule has 0 saturated heterocycles. The number of unbranched alkanes of at least 4 members (excludes halogenated alkanes) is 1. The highest BCUT2D eigenvalue weighted by atomic mass is 16.5. The molecule has 2 rings (SSSR count). The number of fused-ring (bicyclic) bond motifs is 1. The van der Waals surface area contributed by atoms with Crippen molar-refractivity contribution in [1.82, 2.24) is 10.2 Å². The maximum atomic E-state index is 12.6. The lowest BCUT2D eigenvalue weighted by Gasteiger charge is -2.32. The topological polar surface area (TPSA) is 79.0 Å². The van der Waals surface area contributed by atoms with Gasteiger partial charge in [-0.2, -0.15) is 0 Å². The zero-order valence-corrected chi connectivity index (χ0v) is 17.3. The molecule has 28 heavy (non-hydrogen) atoms. The molecule has 0 spiro atoms. The minimum atomic E-state index is -0.669. The van der Waals surface area contributed by atoms with Crippen molar-refractivity contribution in [2.45, 2.75) is 46.6 Å². The monoisotopic (exact) mass is 389 g/mol. The molecular weight excluding hydrogens is 358 g/mol. The highest BCUT2D eigenvalue weighted by Crippen LogP contribution is 2.34. The van der Waals surface area contributed by atoms with Gasteiger partial charge in [-0.25, -0.2) is 0 Å². The van der Waals surface area contributed by atoms with E-state index in [9.17, 15) is 14.4 Å². The van der Waals surface area contributed by atoms with Gasteiger partial charge in [0.25, 0.3) is 5.91 Å². The first kappa shape index (κ1) is 21.9. The number of nitrogens with one attached hydrogen (secondary N) is 1. The Morgan fingerprint density at radius 3 is 2.57 bits per heavy atom. The first-order valence-electron chi connectivity index (χ1n) is 9.99. The third-order valence-electron chi connectivity index (χ3n) is 4.99. The van der Waals surface area contributed by atoms with Crippen LogP contribution in [0.2, 0.25) is 0 Å². The second-order valence-electron chi connectivity index (χ2n) is 7.01. The minimum Gasteiger partial charge on any atom is -0.479 e. The van der Waals surface area contributed by atoms with Gasteiger partial charge in [-0.05, 0) is 64.5 Å². The van der Waals surface area contributed by atoms with Gasteiger partial charge in [-0.3, -0.25) is 19.3 Å². The second-order valence-corrected chi connectivity index (χ2v) is 7.01. The molecule has 0 bridgehead atoms. The van der Waals surface area contributed by atoms with Crippen LogP contribution in [-0.2, 0) is 9.59 Å². The third kappa shape index (κ3) is 5.55. The number of hydrogen-bond acceptors (Lipinski definition) is 5. The van der Waals surface area contributed by atoms with Crippen molar-refractivity contribution >= 4 is 23.3 Å². The summed E-state index contributed by atoms with van der Waals surface area (Å²) in [5.74, 6) is -0.107. The van der Waals surface area contributed by atoms with Crippen molar-refractivity contribution < 1.29 is 19.1 Å². The number of nitrogens with zero attached hydrogens (tertiary/aromatic N) is 2. The van der Waals surface area contributed by atoms with Crippen LogP contribution in [0.3, 0.4) is 0 Å². The van der Waals surface area contributed by atoms with Crippen LogP contribution in [0.25, 0.3) is 0 Å². The molecule has 7 heteroatoms. The zero-order chi connectivity index (χ0) is 20.7. The highest BCUT2D eigenvalue weighted by molar-refractivity contribution is 6.05. The summed E-state index contributed by atoms with van der Waals surface area (Å²) < 4.78 is 5.61. The Morgan fingerprint density at radius 1 is 1.21 bits per heavy atom. The van der Waals surface area contributed by atoms with E-state index in [1.165, 1.54) is 11.8 Å². The zero-order valence-electron chi connectivity index (χ0n) is 17.3. The maximum Gasteiger partial charge on any atom is 0.268 e. The number of ketones is 1. The third-order valence-corrected chi connectivity index (χ3v) is 4.99. The number of ether oxygens (including phenoxy) is 1. The Bertz CT molecular complexity index is 716. The van der Waals surface area contributed by atoms with Crippen LogP contribution in [-0.4, -0.2) is 61.3 Å². The molecule has 0 radical (unpaired) electrons. The van der Waals surface area contributed by atoms with E-state index < -0.39 is 6.10 Å². The summed E-state index contributed by atoms with van der Waals surface area (Å²) in [6.45, 7) is 11.0. The molecule has 1 heterocycles. The summed E-state index contributed by atoms with van der Waals surface area (Å²) in [4.78, 5) is 40.4. The van der Waals surface area contributed by atoms with Crippen LogP contribution < -0.4 is 15.0 Å². The average Bonchev–Trinajstić information content (AvgIpc) is 2.67. The van der Waals surface area contributed by atoms with Crippen molar-refractivity contribution in [2.75, 3.05) is 37.6 Å². The SMILES string of the molecule is CCN(CC)CCCCNC(=O)CN1C(=O)C(C)Oc2ccc(C(C)=O)cc21. The molecule has 1 aliphatic rings. The minimum absolute atomic E-state index is 0.0864. The molecule has 1 atom stereocenters. The first-order chi connectivity index (χ1) is 13.4. The Balaban J connectivity index is 1.95. The van der Waals surface area contributed by atoms with E-state index in [2.05, 4.69) is 24.1 Å². The van der Waals surface area contributed by atoms with Gasteiger partial charge in [0.2, 0.25) is 5.91 Å².